The first kappa shape index (κ1) is 13.5. The van der Waals surface area contributed by atoms with Gasteiger partial charge < -0.3 is 15.2 Å². The van der Waals surface area contributed by atoms with Gasteiger partial charge in [-0.1, -0.05) is 18.2 Å². The fourth-order valence-corrected chi connectivity index (χ4v) is 1.61. The van der Waals surface area contributed by atoms with Gasteiger partial charge in [0.25, 0.3) is 0 Å². The minimum absolute atomic E-state index is 0.331. The molecule has 4 heteroatoms. The van der Waals surface area contributed by atoms with Crippen LogP contribution in [-0.4, -0.2) is 25.2 Å². The topological polar surface area (TPSA) is 61.5 Å². The van der Waals surface area contributed by atoms with Gasteiger partial charge in [0, 0.05) is 6.42 Å². The lowest BCUT2D eigenvalue weighted by Gasteiger charge is -2.23. The van der Waals surface area contributed by atoms with Crippen LogP contribution in [0.15, 0.2) is 24.3 Å². The predicted octanol–water partition coefficient (Wildman–Crippen LogP) is 1.52. The molecule has 1 aromatic carbocycles. The van der Waals surface area contributed by atoms with Crippen LogP contribution in [0, 0.1) is 0 Å². The van der Waals surface area contributed by atoms with Crippen LogP contribution in [-0.2, 0) is 16.0 Å². The molecule has 0 saturated carbocycles. The third-order valence-corrected chi connectivity index (χ3v) is 2.49. The maximum atomic E-state index is 11.7. The van der Waals surface area contributed by atoms with E-state index in [1.54, 1.807) is 21.0 Å². The Morgan fingerprint density at radius 3 is 2.65 bits per heavy atom. The highest BCUT2D eigenvalue weighted by Gasteiger charge is 2.31. The molecule has 0 aliphatic rings. The fourth-order valence-electron chi connectivity index (χ4n) is 1.61. The highest BCUT2D eigenvalue weighted by Crippen LogP contribution is 2.22. The maximum Gasteiger partial charge on any atom is 0.326 e. The van der Waals surface area contributed by atoms with Gasteiger partial charge in [-0.3, -0.25) is 4.79 Å². The Kier molecular flexibility index (Phi) is 4.52. The van der Waals surface area contributed by atoms with E-state index >= 15 is 0 Å². The van der Waals surface area contributed by atoms with Crippen molar-refractivity contribution in [3.63, 3.8) is 0 Å². The van der Waals surface area contributed by atoms with E-state index in [9.17, 15) is 4.79 Å². The minimum atomic E-state index is -1.04. The quantitative estimate of drug-likeness (QED) is 0.789. The van der Waals surface area contributed by atoms with Gasteiger partial charge >= 0.3 is 5.97 Å². The van der Waals surface area contributed by atoms with Crippen LogP contribution in [0.25, 0.3) is 0 Å². The monoisotopic (exact) mass is 237 g/mol. The maximum absolute atomic E-state index is 11.7. The van der Waals surface area contributed by atoms with Crippen LogP contribution < -0.4 is 10.5 Å². The molecular weight excluding hydrogens is 218 g/mol. The lowest BCUT2D eigenvalue weighted by molar-refractivity contribution is -0.148. The van der Waals surface area contributed by atoms with Crippen molar-refractivity contribution in [3.8, 4) is 5.75 Å². The number of carbonyl (C=O) groups is 1. The van der Waals surface area contributed by atoms with Crippen molar-refractivity contribution >= 4 is 5.97 Å². The summed E-state index contributed by atoms with van der Waals surface area (Å²) in [5.74, 6) is 0.333. The Morgan fingerprint density at radius 2 is 2.06 bits per heavy atom. The summed E-state index contributed by atoms with van der Waals surface area (Å²) in [6.45, 7) is 3.76. The molecule has 0 amide bonds. The molecule has 0 fully saturated rings. The Balaban J connectivity index is 2.85. The van der Waals surface area contributed by atoms with Crippen molar-refractivity contribution in [1.82, 2.24) is 0 Å². The molecule has 0 aliphatic heterocycles. The van der Waals surface area contributed by atoms with E-state index in [0.717, 1.165) is 11.3 Å². The summed E-state index contributed by atoms with van der Waals surface area (Å²) in [6, 6.07) is 7.50. The molecule has 1 aromatic rings. The van der Waals surface area contributed by atoms with E-state index in [1.165, 1.54) is 0 Å². The van der Waals surface area contributed by atoms with Gasteiger partial charge in [0.1, 0.15) is 11.3 Å². The summed E-state index contributed by atoms with van der Waals surface area (Å²) < 4.78 is 10.2. The molecule has 0 radical (unpaired) electrons. The van der Waals surface area contributed by atoms with E-state index in [-0.39, 0.29) is 0 Å². The van der Waals surface area contributed by atoms with Crippen molar-refractivity contribution in [2.24, 2.45) is 5.73 Å². The summed E-state index contributed by atoms with van der Waals surface area (Å²) in [7, 11) is 1.59. The molecule has 0 spiro atoms. The van der Waals surface area contributed by atoms with E-state index < -0.39 is 11.5 Å². The Bertz CT molecular complexity index is 388. The Hall–Kier alpha value is -1.55. The molecule has 0 aromatic heterocycles. The first-order chi connectivity index (χ1) is 8.01. The summed E-state index contributed by atoms with van der Waals surface area (Å²) in [4.78, 5) is 11.7. The molecule has 0 bridgehead atoms. The minimum Gasteiger partial charge on any atom is -0.496 e. The fraction of sp³-hybridized carbons (Fsp3) is 0.462. The van der Waals surface area contributed by atoms with Crippen LogP contribution in [0.2, 0.25) is 0 Å². The van der Waals surface area contributed by atoms with Gasteiger partial charge in [-0.2, -0.15) is 0 Å². The van der Waals surface area contributed by atoms with E-state index in [1.807, 2.05) is 24.3 Å². The smallest absolute Gasteiger partial charge is 0.326 e. The molecule has 2 N–H and O–H groups in total. The van der Waals surface area contributed by atoms with Crippen molar-refractivity contribution in [3.05, 3.63) is 29.8 Å². The number of nitrogens with two attached hydrogens (primary N) is 1. The summed E-state index contributed by atoms with van der Waals surface area (Å²) >= 11 is 0. The number of para-hydroxylation sites is 1. The van der Waals surface area contributed by atoms with E-state index in [4.69, 9.17) is 15.2 Å². The van der Waals surface area contributed by atoms with E-state index in [2.05, 4.69) is 0 Å². The molecule has 4 nitrogen and oxygen atoms in total. The van der Waals surface area contributed by atoms with Gasteiger partial charge in [-0.25, -0.2) is 0 Å². The van der Waals surface area contributed by atoms with Crippen molar-refractivity contribution in [2.75, 3.05) is 13.7 Å². The zero-order chi connectivity index (χ0) is 12.9. The standard InChI is InChI=1S/C13H19NO3/c1-4-17-12(15)13(2,14)9-10-7-5-6-8-11(10)16-3/h5-8H,4,9,14H2,1-3H3/t13-/m0/s1. The number of esters is 1. The van der Waals surface area contributed by atoms with Crippen LogP contribution >= 0.6 is 0 Å². The zero-order valence-electron chi connectivity index (χ0n) is 10.5. The van der Waals surface area contributed by atoms with Crippen LogP contribution in [0.1, 0.15) is 19.4 Å². The van der Waals surface area contributed by atoms with Gasteiger partial charge in [0.05, 0.1) is 13.7 Å². The number of carbonyl (C=O) groups excluding carboxylic acids is 1. The largest absolute Gasteiger partial charge is 0.496 e. The average Bonchev–Trinajstić information content (AvgIpc) is 2.29. The second kappa shape index (κ2) is 5.68. The normalized spacial score (nSPS) is 13.9. The van der Waals surface area contributed by atoms with Gasteiger partial charge in [0.2, 0.25) is 0 Å². The van der Waals surface area contributed by atoms with Gasteiger partial charge in [-0.05, 0) is 25.5 Å². The zero-order valence-corrected chi connectivity index (χ0v) is 10.5. The summed E-state index contributed by atoms with van der Waals surface area (Å²) in [6.07, 6.45) is 0.385. The number of ether oxygens (including phenoxy) is 2. The molecule has 0 aliphatic carbocycles. The lowest BCUT2D eigenvalue weighted by Crippen LogP contribution is -2.48. The molecule has 1 atom stereocenters. The highest BCUT2D eigenvalue weighted by atomic mass is 16.5. The van der Waals surface area contributed by atoms with Crippen LogP contribution in [0.4, 0.5) is 0 Å². The molecule has 0 unspecified atom stereocenters. The SMILES string of the molecule is CCOC(=O)[C@@](C)(N)Cc1ccccc1OC. The third kappa shape index (κ3) is 3.46. The average molecular weight is 237 g/mol. The van der Waals surface area contributed by atoms with Crippen molar-refractivity contribution in [2.45, 2.75) is 25.8 Å². The number of rotatable bonds is 5. The predicted molar refractivity (Wildman–Crippen MR) is 65.9 cm³/mol. The lowest BCUT2D eigenvalue weighted by atomic mass is 9.93. The molecule has 0 saturated heterocycles. The summed E-state index contributed by atoms with van der Waals surface area (Å²) in [5.41, 5.74) is 5.83. The van der Waals surface area contributed by atoms with E-state index in [0.29, 0.717) is 13.0 Å². The number of hydrogen-bond donors (Lipinski definition) is 1. The molecular formula is C13H19NO3. The van der Waals surface area contributed by atoms with Crippen LogP contribution in [0.3, 0.4) is 0 Å². The number of methoxy groups -OCH3 is 1. The Morgan fingerprint density at radius 1 is 1.41 bits per heavy atom. The third-order valence-electron chi connectivity index (χ3n) is 2.49. The van der Waals surface area contributed by atoms with Crippen molar-refractivity contribution in [1.29, 1.82) is 0 Å². The van der Waals surface area contributed by atoms with Crippen LogP contribution in [0.5, 0.6) is 5.75 Å². The van der Waals surface area contributed by atoms with Gasteiger partial charge in [0.15, 0.2) is 0 Å². The highest BCUT2D eigenvalue weighted by molar-refractivity contribution is 5.80. The number of benzene rings is 1. The first-order valence-electron chi connectivity index (χ1n) is 5.59. The molecule has 0 heterocycles. The summed E-state index contributed by atoms with van der Waals surface area (Å²) in [5, 5.41) is 0. The first-order valence-corrected chi connectivity index (χ1v) is 5.59. The molecule has 17 heavy (non-hydrogen) atoms. The van der Waals surface area contributed by atoms with Gasteiger partial charge in [-0.15, -0.1) is 0 Å². The Labute approximate surface area is 102 Å². The number of hydrogen-bond acceptors (Lipinski definition) is 4. The van der Waals surface area contributed by atoms with Crippen molar-refractivity contribution < 1.29 is 14.3 Å². The molecule has 1 rings (SSSR count). The second-order valence-electron chi connectivity index (χ2n) is 4.13. The molecule has 94 valence electrons. The second-order valence-corrected chi connectivity index (χ2v) is 4.13.